The van der Waals surface area contributed by atoms with E-state index in [1.165, 1.54) is 7.11 Å². The molecule has 7 heteroatoms. The van der Waals surface area contributed by atoms with Crippen LogP contribution in [0, 0.1) is 28.1 Å². The Balaban J connectivity index is 1.62. The maximum absolute atomic E-state index is 13.0. The molecule has 4 aliphatic rings. The van der Waals surface area contributed by atoms with Crippen molar-refractivity contribution in [2.75, 3.05) is 7.11 Å². The molecule has 1 spiro atoms. The third kappa shape index (κ3) is 2.83. The van der Waals surface area contributed by atoms with Gasteiger partial charge in [0.05, 0.1) is 38.3 Å². The number of esters is 2. The number of methoxy groups -OCH3 is 1. The van der Waals surface area contributed by atoms with Gasteiger partial charge in [-0.15, -0.1) is 0 Å². The minimum atomic E-state index is -0.908. The van der Waals surface area contributed by atoms with Crippen molar-refractivity contribution in [1.29, 1.82) is 0 Å². The third-order valence-corrected chi connectivity index (χ3v) is 10.2. The fourth-order valence-electron chi connectivity index (χ4n) is 8.07. The Morgan fingerprint density at radius 3 is 2.68 bits per heavy atom. The standard InChI is InChI=1S/C27H36O7/c1-15-17-7-9-25(4)23(16-8-10-32-14-16)33-22(30)13-27(15,25)34-20-12-19(28)24(2,3)18(26(17,20)5)11-21(29)31-6/h8,10,14,17-20,23,28H,1,7,9,11-13H2,2-6H3/t17-,18-,19-,20+,23-,25-,26-,27+/m0/s1. The monoisotopic (exact) mass is 472 g/mol. The predicted molar refractivity (Wildman–Crippen MR) is 122 cm³/mol. The van der Waals surface area contributed by atoms with Gasteiger partial charge in [-0.05, 0) is 41.7 Å². The highest BCUT2D eigenvalue weighted by molar-refractivity contribution is 5.74. The average molecular weight is 473 g/mol. The van der Waals surface area contributed by atoms with Crippen LogP contribution < -0.4 is 0 Å². The lowest BCUT2D eigenvalue weighted by Gasteiger charge is -2.71. The number of carbonyl (C=O) groups excluding carboxylic acids is 2. The lowest BCUT2D eigenvalue weighted by Crippen LogP contribution is -2.73. The normalized spacial score (nSPS) is 45.1. The summed E-state index contributed by atoms with van der Waals surface area (Å²) >= 11 is 0. The molecule has 2 bridgehead atoms. The molecule has 8 atom stereocenters. The van der Waals surface area contributed by atoms with Crippen LogP contribution in [0.5, 0.6) is 0 Å². The molecule has 1 N–H and O–H groups in total. The summed E-state index contributed by atoms with van der Waals surface area (Å²) < 4.78 is 23.3. The Hall–Kier alpha value is -2.12. The molecule has 4 fully saturated rings. The first-order valence-electron chi connectivity index (χ1n) is 12.3. The second kappa shape index (κ2) is 7.44. The SMILES string of the molecule is C=C1[C@@H]2CC[C@@]3(C)[C@H](c4ccoc4)OC(=O)C[C@@]13O[C@@H]1C[C@H](O)C(C)(C)[C@H](CC(=O)OC)[C@@]12C. The van der Waals surface area contributed by atoms with Crippen LogP contribution >= 0.6 is 0 Å². The second-order valence-corrected chi connectivity index (χ2v) is 11.8. The molecule has 0 unspecified atom stereocenters. The first-order chi connectivity index (χ1) is 15.9. The molecule has 1 aromatic heterocycles. The maximum atomic E-state index is 13.0. The Labute approximate surface area is 200 Å². The van der Waals surface area contributed by atoms with Crippen molar-refractivity contribution >= 4 is 11.9 Å². The summed E-state index contributed by atoms with van der Waals surface area (Å²) in [6.07, 6.45) is 4.06. The summed E-state index contributed by atoms with van der Waals surface area (Å²) in [7, 11) is 1.40. The van der Waals surface area contributed by atoms with Crippen LogP contribution in [0.4, 0.5) is 0 Å². The molecule has 34 heavy (non-hydrogen) atoms. The molecule has 5 rings (SSSR count). The minimum absolute atomic E-state index is 0.0386. The van der Waals surface area contributed by atoms with E-state index in [9.17, 15) is 14.7 Å². The maximum Gasteiger partial charge on any atom is 0.309 e. The number of cyclic esters (lactones) is 1. The molecule has 7 nitrogen and oxygen atoms in total. The van der Waals surface area contributed by atoms with Crippen LogP contribution in [0.2, 0.25) is 0 Å². The first-order valence-corrected chi connectivity index (χ1v) is 12.3. The zero-order valence-corrected chi connectivity index (χ0v) is 20.8. The zero-order chi connectivity index (χ0) is 24.7. The van der Waals surface area contributed by atoms with Gasteiger partial charge in [0.2, 0.25) is 0 Å². The number of ether oxygens (including phenoxy) is 3. The Morgan fingerprint density at radius 1 is 1.29 bits per heavy atom. The molecular weight excluding hydrogens is 436 g/mol. The van der Waals surface area contributed by atoms with Crippen molar-refractivity contribution in [2.45, 2.75) is 83.7 Å². The van der Waals surface area contributed by atoms with Gasteiger partial charge in [-0.2, -0.15) is 0 Å². The lowest BCUT2D eigenvalue weighted by atomic mass is 9.41. The summed E-state index contributed by atoms with van der Waals surface area (Å²) in [5, 5.41) is 11.2. The number of furan rings is 1. The van der Waals surface area contributed by atoms with E-state index in [-0.39, 0.29) is 42.7 Å². The Kier molecular flexibility index (Phi) is 5.17. The molecule has 186 valence electrons. The van der Waals surface area contributed by atoms with Crippen molar-refractivity contribution in [3.63, 3.8) is 0 Å². The van der Waals surface area contributed by atoms with Crippen LogP contribution in [0.15, 0.2) is 35.2 Å². The summed E-state index contributed by atoms with van der Waals surface area (Å²) in [4.78, 5) is 25.5. The van der Waals surface area contributed by atoms with E-state index in [0.29, 0.717) is 6.42 Å². The minimum Gasteiger partial charge on any atom is -0.472 e. The smallest absolute Gasteiger partial charge is 0.309 e. The van der Waals surface area contributed by atoms with Gasteiger partial charge in [0.1, 0.15) is 11.7 Å². The molecule has 0 amide bonds. The van der Waals surface area contributed by atoms with Gasteiger partial charge >= 0.3 is 11.9 Å². The number of rotatable bonds is 3. The molecular formula is C27H36O7. The number of fused-ring (bicyclic) bond motifs is 3. The highest BCUT2D eigenvalue weighted by Gasteiger charge is 2.73. The predicted octanol–water partition coefficient (Wildman–Crippen LogP) is 4.35. The first kappa shape index (κ1) is 23.6. The van der Waals surface area contributed by atoms with E-state index in [4.69, 9.17) is 18.6 Å². The summed E-state index contributed by atoms with van der Waals surface area (Å²) in [6.45, 7) is 12.9. The lowest BCUT2D eigenvalue weighted by molar-refractivity contribution is -0.314. The van der Waals surface area contributed by atoms with E-state index in [0.717, 1.165) is 24.0 Å². The molecule has 0 radical (unpaired) electrons. The summed E-state index contributed by atoms with van der Waals surface area (Å²) in [6, 6.07) is 1.84. The van der Waals surface area contributed by atoms with Crippen molar-refractivity contribution in [1.82, 2.24) is 0 Å². The van der Waals surface area contributed by atoms with Crippen LogP contribution in [0.3, 0.4) is 0 Å². The molecule has 0 aromatic carbocycles. The van der Waals surface area contributed by atoms with Gasteiger partial charge in [0, 0.05) is 29.2 Å². The quantitative estimate of drug-likeness (QED) is 0.516. The van der Waals surface area contributed by atoms with Crippen LogP contribution in [-0.4, -0.2) is 42.0 Å². The van der Waals surface area contributed by atoms with Crippen molar-refractivity contribution in [3.8, 4) is 0 Å². The molecule has 2 aliphatic heterocycles. The molecule has 2 saturated carbocycles. The summed E-state index contributed by atoms with van der Waals surface area (Å²) in [5.74, 6) is -0.752. The van der Waals surface area contributed by atoms with Gasteiger partial charge < -0.3 is 23.7 Å². The van der Waals surface area contributed by atoms with Crippen LogP contribution in [-0.2, 0) is 23.8 Å². The topological polar surface area (TPSA) is 95.2 Å². The van der Waals surface area contributed by atoms with Gasteiger partial charge in [0.15, 0.2) is 0 Å². The number of carbonyl (C=O) groups is 2. The van der Waals surface area contributed by atoms with Gasteiger partial charge in [-0.25, -0.2) is 0 Å². The average Bonchev–Trinajstić information content (AvgIpc) is 3.30. The third-order valence-electron chi connectivity index (χ3n) is 10.2. The fraction of sp³-hybridized carbons (Fsp3) is 0.704. The Bertz CT molecular complexity index is 1010. The van der Waals surface area contributed by atoms with Crippen molar-refractivity contribution < 1.29 is 33.3 Å². The summed E-state index contributed by atoms with van der Waals surface area (Å²) in [5.41, 5.74) is -0.672. The van der Waals surface area contributed by atoms with Gasteiger partial charge in [-0.3, -0.25) is 9.59 Å². The van der Waals surface area contributed by atoms with E-state index < -0.39 is 34.1 Å². The van der Waals surface area contributed by atoms with E-state index in [1.54, 1.807) is 12.5 Å². The van der Waals surface area contributed by atoms with E-state index in [2.05, 4.69) is 20.4 Å². The van der Waals surface area contributed by atoms with E-state index in [1.807, 2.05) is 19.9 Å². The zero-order valence-electron chi connectivity index (χ0n) is 20.8. The van der Waals surface area contributed by atoms with Gasteiger partial charge in [0.25, 0.3) is 0 Å². The van der Waals surface area contributed by atoms with E-state index >= 15 is 0 Å². The van der Waals surface area contributed by atoms with Crippen molar-refractivity contribution in [2.24, 2.45) is 28.1 Å². The highest BCUT2D eigenvalue weighted by Crippen LogP contribution is 2.72. The number of aliphatic hydroxyl groups excluding tert-OH is 1. The van der Waals surface area contributed by atoms with Crippen LogP contribution in [0.25, 0.3) is 0 Å². The number of hydrogen-bond donors (Lipinski definition) is 1. The molecule has 1 aromatic rings. The fourth-order valence-corrected chi connectivity index (χ4v) is 8.07. The largest absolute Gasteiger partial charge is 0.472 e. The van der Waals surface area contributed by atoms with Gasteiger partial charge in [-0.1, -0.05) is 34.3 Å². The number of hydrogen-bond acceptors (Lipinski definition) is 7. The molecule has 3 heterocycles. The molecule has 2 aliphatic carbocycles. The van der Waals surface area contributed by atoms with Crippen molar-refractivity contribution in [3.05, 3.63) is 36.3 Å². The highest BCUT2D eigenvalue weighted by atomic mass is 16.6. The molecule has 2 saturated heterocycles. The second-order valence-electron chi connectivity index (χ2n) is 11.8. The number of aliphatic hydroxyl groups is 1. The van der Waals surface area contributed by atoms with Crippen LogP contribution in [0.1, 0.15) is 71.5 Å². The Morgan fingerprint density at radius 2 is 2.03 bits per heavy atom.